The number of ether oxygens (including phenoxy) is 2. The fourth-order valence-electron chi connectivity index (χ4n) is 2.43. The van der Waals surface area contributed by atoms with Crippen LogP contribution in [0.5, 0.6) is 11.5 Å². The molecule has 0 saturated heterocycles. The van der Waals surface area contributed by atoms with Crippen LogP contribution in [-0.4, -0.2) is 13.2 Å². The number of hydrogen-bond acceptors (Lipinski definition) is 3. The van der Waals surface area contributed by atoms with Crippen LogP contribution in [0.3, 0.4) is 0 Å². The van der Waals surface area contributed by atoms with E-state index in [1.54, 1.807) is 7.11 Å². The third-order valence-corrected chi connectivity index (χ3v) is 3.56. The van der Waals surface area contributed by atoms with E-state index in [1.807, 2.05) is 25.1 Å². The van der Waals surface area contributed by atoms with E-state index in [0.717, 1.165) is 29.9 Å². The highest BCUT2D eigenvalue weighted by molar-refractivity contribution is 5.43. The first-order valence-electron chi connectivity index (χ1n) is 6.81. The van der Waals surface area contributed by atoms with Crippen molar-refractivity contribution in [2.45, 2.75) is 51.2 Å². The molecule has 0 aliphatic heterocycles. The monoisotopic (exact) mass is 249 g/mol. The Kier molecular flexibility index (Phi) is 4.48. The van der Waals surface area contributed by atoms with Crippen molar-refractivity contribution in [3.05, 3.63) is 23.8 Å². The van der Waals surface area contributed by atoms with E-state index < -0.39 is 0 Å². The van der Waals surface area contributed by atoms with Crippen molar-refractivity contribution in [1.82, 2.24) is 0 Å². The summed E-state index contributed by atoms with van der Waals surface area (Å²) in [6.07, 6.45) is 6.51. The summed E-state index contributed by atoms with van der Waals surface area (Å²) in [5, 5.41) is 0. The normalized spacial score (nSPS) is 18.4. The van der Waals surface area contributed by atoms with E-state index >= 15 is 0 Å². The lowest BCUT2D eigenvalue weighted by Crippen LogP contribution is -2.20. The highest BCUT2D eigenvalue weighted by Crippen LogP contribution is 2.32. The minimum Gasteiger partial charge on any atom is -0.493 e. The molecule has 0 spiro atoms. The van der Waals surface area contributed by atoms with E-state index in [9.17, 15) is 0 Å². The molecule has 2 N–H and O–H groups in total. The lowest BCUT2D eigenvalue weighted by molar-refractivity contribution is 0.149. The van der Waals surface area contributed by atoms with Gasteiger partial charge in [-0.1, -0.05) is 12.5 Å². The molecule has 1 aliphatic rings. The van der Waals surface area contributed by atoms with Crippen molar-refractivity contribution < 1.29 is 9.47 Å². The minimum atomic E-state index is 0.0163. The van der Waals surface area contributed by atoms with Gasteiger partial charge in [0.2, 0.25) is 0 Å². The zero-order chi connectivity index (χ0) is 13.0. The Morgan fingerprint density at radius 3 is 2.50 bits per heavy atom. The molecule has 2 rings (SSSR count). The molecular formula is C15H23NO2. The lowest BCUT2D eigenvalue weighted by Gasteiger charge is -2.24. The second-order valence-corrected chi connectivity index (χ2v) is 5.08. The van der Waals surface area contributed by atoms with Gasteiger partial charge < -0.3 is 15.2 Å². The molecule has 1 aliphatic carbocycles. The maximum Gasteiger partial charge on any atom is 0.161 e. The van der Waals surface area contributed by atoms with Gasteiger partial charge in [-0.3, -0.25) is 0 Å². The standard InChI is InChI=1S/C15H23NO2/c1-11(16)12-8-9-14(15(10-12)17-2)18-13-6-4-3-5-7-13/h8-11,13H,3-7,16H2,1-2H3/t11-/m1/s1. The summed E-state index contributed by atoms with van der Waals surface area (Å²) in [5.74, 6) is 1.63. The Morgan fingerprint density at radius 1 is 1.17 bits per heavy atom. The lowest BCUT2D eigenvalue weighted by atomic mass is 9.98. The molecule has 3 nitrogen and oxygen atoms in total. The summed E-state index contributed by atoms with van der Waals surface area (Å²) in [4.78, 5) is 0. The molecule has 1 saturated carbocycles. The molecule has 1 atom stereocenters. The first kappa shape index (κ1) is 13.2. The van der Waals surface area contributed by atoms with Gasteiger partial charge in [0.1, 0.15) is 0 Å². The summed E-state index contributed by atoms with van der Waals surface area (Å²) >= 11 is 0. The average molecular weight is 249 g/mol. The Balaban J connectivity index is 2.11. The van der Waals surface area contributed by atoms with E-state index in [4.69, 9.17) is 15.2 Å². The van der Waals surface area contributed by atoms with Crippen LogP contribution in [0.2, 0.25) is 0 Å². The van der Waals surface area contributed by atoms with Gasteiger partial charge in [-0.25, -0.2) is 0 Å². The minimum absolute atomic E-state index is 0.0163. The molecule has 1 fully saturated rings. The second-order valence-electron chi connectivity index (χ2n) is 5.08. The van der Waals surface area contributed by atoms with Crippen LogP contribution in [0.1, 0.15) is 50.6 Å². The average Bonchev–Trinajstić information content (AvgIpc) is 2.40. The van der Waals surface area contributed by atoms with Crippen LogP contribution in [0.4, 0.5) is 0 Å². The SMILES string of the molecule is COc1cc([C@@H](C)N)ccc1OC1CCCCC1. The summed E-state index contributed by atoms with van der Waals surface area (Å²) in [7, 11) is 1.67. The highest BCUT2D eigenvalue weighted by Gasteiger charge is 2.17. The van der Waals surface area contributed by atoms with Crippen molar-refractivity contribution >= 4 is 0 Å². The van der Waals surface area contributed by atoms with Crippen LogP contribution >= 0.6 is 0 Å². The Hall–Kier alpha value is -1.22. The zero-order valence-corrected chi connectivity index (χ0v) is 11.3. The van der Waals surface area contributed by atoms with Gasteiger partial charge in [-0.05, 0) is 50.3 Å². The van der Waals surface area contributed by atoms with Gasteiger partial charge in [0.15, 0.2) is 11.5 Å². The van der Waals surface area contributed by atoms with Gasteiger partial charge in [0.05, 0.1) is 13.2 Å². The molecule has 0 unspecified atom stereocenters. The van der Waals surface area contributed by atoms with Gasteiger partial charge in [-0.2, -0.15) is 0 Å². The summed E-state index contributed by atoms with van der Waals surface area (Å²) in [6, 6.07) is 5.99. The van der Waals surface area contributed by atoms with Crippen molar-refractivity contribution in [3.8, 4) is 11.5 Å². The third-order valence-electron chi connectivity index (χ3n) is 3.56. The fraction of sp³-hybridized carbons (Fsp3) is 0.600. The molecule has 0 radical (unpaired) electrons. The molecule has 3 heteroatoms. The van der Waals surface area contributed by atoms with Crippen LogP contribution in [0.25, 0.3) is 0 Å². The molecule has 0 heterocycles. The van der Waals surface area contributed by atoms with Gasteiger partial charge in [-0.15, -0.1) is 0 Å². The first-order valence-corrected chi connectivity index (χ1v) is 6.81. The zero-order valence-electron chi connectivity index (χ0n) is 11.3. The molecule has 0 bridgehead atoms. The predicted octanol–water partition coefficient (Wildman–Crippen LogP) is 3.43. The van der Waals surface area contributed by atoms with Crippen molar-refractivity contribution in [3.63, 3.8) is 0 Å². The van der Waals surface area contributed by atoms with E-state index in [0.29, 0.717) is 6.10 Å². The van der Waals surface area contributed by atoms with E-state index in [-0.39, 0.29) is 6.04 Å². The highest BCUT2D eigenvalue weighted by atomic mass is 16.5. The quantitative estimate of drug-likeness (QED) is 0.889. The Labute approximate surface area is 109 Å². The van der Waals surface area contributed by atoms with Crippen LogP contribution in [0.15, 0.2) is 18.2 Å². The maximum atomic E-state index is 6.05. The molecule has 0 amide bonds. The summed E-state index contributed by atoms with van der Waals surface area (Å²) in [5.41, 5.74) is 6.95. The number of benzene rings is 1. The van der Waals surface area contributed by atoms with Crippen molar-refractivity contribution in [2.24, 2.45) is 5.73 Å². The topological polar surface area (TPSA) is 44.5 Å². The predicted molar refractivity (Wildman–Crippen MR) is 73.1 cm³/mol. The van der Waals surface area contributed by atoms with Crippen molar-refractivity contribution in [1.29, 1.82) is 0 Å². The molecule has 0 aromatic heterocycles. The van der Waals surface area contributed by atoms with Gasteiger partial charge >= 0.3 is 0 Å². The van der Waals surface area contributed by atoms with Crippen LogP contribution in [0, 0.1) is 0 Å². The Bertz CT molecular complexity index is 384. The Morgan fingerprint density at radius 2 is 1.89 bits per heavy atom. The number of nitrogens with two attached hydrogens (primary N) is 1. The molecule has 18 heavy (non-hydrogen) atoms. The number of methoxy groups -OCH3 is 1. The van der Waals surface area contributed by atoms with Crippen molar-refractivity contribution in [2.75, 3.05) is 7.11 Å². The molecular weight excluding hydrogens is 226 g/mol. The van der Waals surface area contributed by atoms with E-state index in [2.05, 4.69) is 0 Å². The smallest absolute Gasteiger partial charge is 0.161 e. The van der Waals surface area contributed by atoms with Crippen LogP contribution in [-0.2, 0) is 0 Å². The van der Waals surface area contributed by atoms with Gasteiger partial charge in [0.25, 0.3) is 0 Å². The van der Waals surface area contributed by atoms with Crippen LogP contribution < -0.4 is 15.2 Å². The fourth-order valence-corrected chi connectivity index (χ4v) is 2.43. The molecule has 1 aromatic rings. The first-order chi connectivity index (χ1) is 8.70. The molecule has 100 valence electrons. The largest absolute Gasteiger partial charge is 0.493 e. The van der Waals surface area contributed by atoms with E-state index in [1.165, 1.54) is 19.3 Å². The number of hydrogen-bond donors (Lipinski definition) is 1. The van der Waals surface area contributed by atoms with Gasteiger partial charge in [0, 0.05) is 6.04 Å². The summed E-state index contributed by atoms with van der Waals surface area (Å²) < 4.78 is 11.4. The maximum absolute atomic E-state index is 6.05. The summed E-state index contributed by atoms with van der Waals surface area (Å²) in [6.45, 7) is 1.97. The second kappa shape index (κ2) is 6.10. The third kappa shape index (κ3) is 3.16. The number of rotatable bonds is 4. The molecule has 1 aromatic carbocycles.